The third-order valence-electron chi connectivity index (χ3n) is 3.13. The molecule has 0 saturated carbocycles. The van der Waals surface area contributed by atoms with Gasteiger partial charge in [0.2, 0.25) is 0 Å². The lowest BCUT2D eigenvalue weighted by atomic mass is 10.1. The highest BCUT2D eigenvalue weighted by molar-refractivity contribution is 5.37. The fourth-order valence-corrected chi connectivity index (χ4v) is 2.18. The van der Waals surface area contributed by atoms with E-state index in [2.05, 4.69) is 10.3 Å². The first-order valence-electron chi connectivity index (χ1n) is 6.36. The van der Waals surface area contributed by atoms with Crippen LogP contribution in [0.3, 0.4) is 0 Å². The second-order valence-electron chi connectivity index (χ2n) is 4.85. The molecule has 0 bridgehead atoms. The molecule has 0 amide bonds. The predicted octanol–water partition coefficient (Wildman–Crippen LogP) is 3.47. The van der Waals surface area contributed by atoms with Crippen LogP contribution in [0.5, 0.6) is 0 Å². The van der Waals surface area contributed by atoms with E-state index in [1.807, 2.05) is 6.92 Å². The van der Waals surface area contributed by atoms with Crippen molar-refractivity contribution in [1.82, 2.24) is 4.98 Å². The monoisotopic (exact) mass is 274 g/mol. The zero-order valence-corrected chi connectivity index (χ0v) is 10.7. The molecule has 0 radical (unpaired) electrons. The molecule has 6 heteroatoms. The molecule has 1 aromatic rings. The number of ether oxygens (including phenoxy) is 1. The zero-order valence-electron chi connectivity index (χ0n) is 10.7. The minimum Gasteiger partial charge on any atom is -0.378 e. The summed E-state index contributed by atoms with van der Waals surface area (Å²) in [6.07, 6.45) is -0.280. The zero-order chi connectivity index (χ0) is 13.9. The summed E-state index contributed by atoms with van der Waals surface area (Å²) >= 11 is 0. The van der Waals surface area contributed by atoms with Crippen LogP contribution >= 0.6 is 0 Å². The van der Waals surface area contributed by atoms with Gasteiger partial charge in [-0.3, -0.25) is 0 Å². The smallest absolute Gasteiger partial charge is 0.378 e. The van der Waals surface area contributed by atoms with E-state index < -0.39 is 11.7 Å². The van der Waals surface area contributed by atoms with Crippen molar-refractivity contribution < 1.29 is 17.9 Å². The number of alkyl halides is 3. The van der Waals surface area contributed by atoms with Crippen LogP contribution in [0.25, 0.3) is 0 Å². The SMILES string of the molecule is CC(CC1CCCO1)Nc1ccc(C(F)(F)F)cn1. The Balaban J connectivity index is 1.88. The van der Waals surface area contributed by atoms with Gasteiger partial charge in [0, 0.05) is 18.8 Å². The number of aromatic nitrogens is 1. The molecule has 0 spiro atoms. The van der Waals surface area contributed by atoms with Crippen LogP contribution in [-0.4, -0.2) is 23.7 Å². The highest BCUT2D eigenvalue weighted by atomic mass is 19.4. The second-order valence-corrected chi connectivity index (χ2v) is 4.85. The Hall–Kier alpha value is -1.30. The average Bonchev–Trinajstić information content (AvgIpc) is 2.81. The Kier molecular flexibility index (Phi) is 4.29. The van der Waals surface area contributed by atoms with Crippen LogP contribution in [0.2, 0.25) is 0 Å². The molecule has 1 saturated heterocycles. The van der Waals surface area contributed by atoms with E-state index >= 15 is 0 Å². The molecule has 1 fully saturated rings. The van der Waals surface area contributed by atoms with Gasteiger partial charge in [0.05, 0.1) is 11.7 Å². The minimum absolute atomic E-state index is 0.118. The first-order chi connectivity index (χ1) is 8.95. The van der Waals surface area contributed by atoms with Gasteiger partial charge >= 0.3 is 6.18 Å². The predicted molar refractivity (Wildman–Crippen MR) is 65.9 cm³/mol. The highest BCUT2D eigenvalue weighted by Gasteiger charge is 2.30. The molecule has 1 aromatic heterocycles. The molecule has 19 heavy (non-hydrogen) atoms. The first-order valence-corrected chi connectivity index (χ1v) is 6.36. The lowest BCUT2D eigenvalue weighted by Crippen LogP contribution is -2.22. The fourth-order valence-electron chi connectivity index (χ4n) is 2.18. The maximum Gasteiger partial charge on any atom is 0.417 e. The second kappa shape index (κ2) is 5.77. The summed E-state index contributed by atoms with van der Waals surface area (Å²) in [6, 6.07) is 2.51. The summed E-state index contributed by atoms with van der Waals surface area (Å²) in [5, 5.41) is 3.09. The quantitative estimate of drug-likeness (QED) is 0.912. The van der Waals surface area contributed by atoms with Crippen LogP contribution < -0.4 is 5.32 Å². The van der Waals surface area contributed by atoms with Crippen molar-refractivity contribution in [3.63, 3.8) is 0 Å². The molecule has 0 aromatic carbocycles. The molecule has 2 heterocycles. The highest BCUT2D eigenvalue weighted by Crippen LogP contribution is 2.29. The third-order valence-corrected chi connectivity index (χ3v) is 3.13. The average molecular weight is 274 g/mol. The van der Waals surface area contributed by atoms with E-state index in [9.17, 15) is 13.2 Å². The number of nitrogens with one attached hydrogen (secondary N) is 1. The van der Waals surface area contributed by atoms with Crippen LogP contribution in [0.4, 0.5) is 19.0 Å². The van der Waals surface area contributed by atoms with Gasteiger partial charge in [0.25, 0.3) is 0 Å². The minimum atomic E-state index is -4.34. The summed E-state index contributed by atoms with van der Waals surface area (Å²) in [5.41, 5.74) is -0.732. The van der Waals surface area contributed by atoms with Crippen molar-refractivity contribution >= 4 is 5.82 Å². The lowest BCUT2D eigenvalue weighted by molar-refractivity contribution is -0.137. The summed E-state index contributed by atoms with van der Waals surface area (Å²) in [5.74, 6) is 0.457. The summed E-state index contributed by atoms with van der Waals surface area (Å²) in [7, 11) is 0. The summed E-state index contributed by atoms with van der Waals surface area (Å²) in [4.78, 5) is 3.79. The molecular weight excluding hydrogens is 257 g/mol. The molecule has 1 aliphatic heterocycles. The van der Waals surface area contributed by atoms with E-state index in [0.29, 0.717) is 5.82 Å². The number of halogens is 3. The normalized spacial score (nSPS) is 21.4. The van der Waals surface area contributed by atoms with Crippen molar-refractivity contribution in [1.29, 1.82) is 0 Å². The number of pyridine rings is 1. The molecule has 3 nitrogen and oxygen atoms in total. The molecule has 0 aliphatic carbocycles. The lowest BCUT2D eigenvalue weighted by Gasteiger charge is -2.18. The summed E-state index contributed by atoms with van der Waals surface area (Å²) < 4.78 is 42.6. The van der Waals surface area contributed by atoms with Crippen LogP contribution in [0, 0.1) is 0 Å². The van der Waals surface area contributed by atoms with Gasteiger partial charge in [-0.05, 0) is 38.3 Å². The van der Waals surface area contributed by atoms with E-state index in [0.717, 1.165) is 38.1 Å². The van der Waals surface area contributed by atoms with Gasteiger partial charge in [-0.1, -0.05) is 0 Å². The Labute approximate surface area is 110 Å². The summed E-state index contributed by atoms with van der Waals surface area (Å²) in [6.45, 7) is 2.77. The van der Waals surface area contributed by atoms with Crippen molar-refractivity contribution in [2.45, 2.75) is 44.5 Å². The van der Waals surface area contributed by atoms with Gasteiger partial charge in [-0.15, -0.1) is 0 Å². The maximum absolute atomic E-state index is 12.4. The fraction of sp³-hybridized carbons (Fsp3) is 0.615. The third kappa shape index (κ3) is 4.09. The first kappa shape index (κ1) is 14.1. The van der Waals surface area contributed by atoms with Crippen molar-refractivity contribution in [2.24, 2.45) is 0 Å². The molecule has 2 rings (SSSR count). The molecule has 1 N–H and O–H groups in total. The van der Waals surface area contributed by atoms with Crippen molar-refractivity contribution in [3.8, 4) is 0 Å². The molecular formula is C13H17F3N2O. The van der Waals surface area contributed by atoms with Crippen LogP contribution in [-0.2, 0) is 10.9 Å². The van der Waals surface area contributed by atoms with Gasteiger partial charge in [0.15, 0.2) is 0 Å². The topological polar surface area (TPSA) is 34.1 Å². The molecule has 2 atom stereocenters. The van der Waals surface area contributed by atoms with Crippen molar-refractivity contribution in [2.75, 3.05) is 11.9 Å². The number of hydrogen-bond acceptors (Lipinski definition) is 3. The number of rotatable bonds is 4. The molecule has 1 aliphatic rings. The van der Waals surface area contributed by atoms with Crippen LogP contribution in [0.15, 0.2) is 18.3 Å². The van der Waals surface area contributed by atoms with E-state index in [1.54, 1.807) is 0 Å². The maximum atomic E-state index is 12.4. The van der Waals surface area contributed by atoms with Gasteiger partial charge in [-0.2, -0.15) is 13.2 Å². The Morgan fingerprint density at radius 1 is 1.47 bits per heavy atom. The van der Waals surface area contributed by atoms with E-state index in [1.165, 1.54) is 6.07 Å². The molecule has 2 unspecified atom stereocenters. The van der Waals surface area contributed by atoms with E-state index in [4.69, 9.17) is 4.74 Å². The Morgan fingerprint density at radius 3 is 2.79 bits per heavy atom. The largest absolute Gasteiger partial charge is 0.417 e. The molecule has 106 valence electrons. The van der Waals surface area contributed by atoms with E-state index in [-0.39, 0.29) is 12.1 Å². The standard InChI is InChI=1S/C13H17F3N2O/c1-9(7-11-3-2-6-19-11)18-12-5-4-10(8-17-12)13(14,15)16/h4-5,8-9,11H,2-3,6-7H2,1H3,(H,17,18). The van der Waals surface area contributed by atoms with Crippen LogP contribution in [0.1, 0.15) is 31.7 Å². The number of nitrogens with zero attached hydrogens (tertiary/aromatic N) is 1. The number of hydrogen-bond donors (Lipinski definition) is 1. The van der Waals surface area contributed by atoms with Gasteiger partial charge < -0.3 is 10.1 Å². The number of anilines is 1. The van der Waals surface area contributed by atoms with Gasteiger partial charge in [0.1, 0.15) is 5.82 Å². The van der Waals surface area contributed by atoms with Crippen molar-refractivity contribution in [3.05, 3.63) is 23.9 Å². The Bertz CT molecular complexity index is 399. The van der Waals surface area contributed by atoms with Gasteiger partial charge in [-0.25, -0.2) is 4.98 Å². The Morgan fingerprint density at radius 2 is 2.26 bits per heavy atom.